The molecule has 1 rings (SSSR count). The third-order valence-electron chi connectivity index (χ3n) is 2.64. The summed E-state index contributed by atoms with van der Waals surface area (Å²) in [6.07, 6.45) is -0.344. The van der Waals surface area contributed by atoms with Crippen molar-refractivity contribution < 1.29 is 13.6 Å². The van der Waals surface area contributed by atoms with E-state index in [1.807, 2.05) is 0 Å². The second-order valence-corrected chi connectivity index (χ2v) is 3.45. The minimum Gasteiger partial charge on any atom is -0.294 e. The molecular weight excluding hydrogens is 178 g/mol. The van der Waals surface area contributed by atoms with Crippen molar-refractivity contribution in [1.29, 1.82) is 0 Å². The van der Waals surface area contributed by atoms with E-state index in [-0.39, 0.29) is 11.8 Å². The van der Waals surface area contributed by atoms with Crippen molar-refractivity contribution in [2.24, 2.45) is 17.7 Å². The SMILES string of the molecule is NNC(=O)[C@H]1CC[C@@H](C(F)F)CC1. The molecule has 0 radical (unpaired) electrons. The molecule has 5 heteroatoms. The van der Waals surface area contributed by atoms with Gasteiger partial charge >= 0.3 is 0 Å². The van der Waals surface area contributed by atoms with E-state index in [2.05, 4.69) is 5.43 Å². The molecule has 1 aliphatic rings. The van der Waals surface area contributed by atoms with Crippen molar-refractivity contribution in [3.8, 4) is 0 Å². The molecule has 13 heavy (non-hydrogen) atoms. The highest BCUT2D eigenvalue weighted by atomic mass is 19.3. The molecule has 0 spiro atoms. The Morgan fingerprint density at radius 2 is 1.85 bits per heavy atom. The highest BCUT2D eigenvalue weighted by Crippen LogP contribution is 2.32. The summed E-state index contributed by atoms with van der Waals surface area (Å²) >= 11 is 0. The van der Waals surface area contributed by atoms with Crippen LogP contribution in [0.2, 0.25) is 0 Å². The molecule has 1 saturated carbocycles. The molecule has 0 aliphatic heterocycles. The number of alkyl halides is 2. The van der Waals surface area contributed by atoms with Crippen molar-refractivity contribution in [3.05, 3.63) is 0 Å². The Kier molecular flexibility index (Phi) is 3.59. The van der Waals surface area contributed by atoms with Crippen LogP contribution in [-0.4, -0.2) is 12.3 Å². The molecule has 0 heterocycles. The van der Waals surface area contributed by atoms with Crippen LogP contribution in [0.3, 0.4) is 0 Å². The Balaban J connectivity index is 2.34. The number of hydrogen-bond acceptors (Lipinski definition) is 2. The zero-order valence-corrected chi connectivity index (χ0v) is 7.30. The van der Waals surface area contributed by atoms with Gasteiger partial charge in [-0.3, -0.25) is 10.2 Å². The van der Waals surface area contributed by atoms with Gasteiger partial charge in [0.1, 0.15) is 0 Å². The molecule has 1 amide bonds. The summed E-state index contributed by atoms with van der Waals surface area (Å²) in [6, 6.07) is 0. The first kappa shape index (κ1) is 10.4. The fourth-order valence-electron chi connectivity index (χ4n) is 1.75. The van der Waals surface area contributed by atoms with Crippen molar-refractivity contribution in [1.82, 2.24) is 5.43 Å². The molecule has 0 atom stereocenters. The molecule has 0 aromatic rings. The maximum Gasteiger partial charge on any atom is 0.241 e. The van der Waals surface area contributed by atoms with E-state index in [0.29, 0.717) is 25.7 Å². The van der Waals surface area contributed by atoms with E-state index in [0.717, 1.165) is 0 Å². The fourth-order valence-corrected chi connectivity index (χ4v) is 1.75. The Morgan fingerprint density at radius 3 is 2.23 bits per heavy atom. The number of halogens is 2. The normalized spacial score (nSPS) is 28.9. The number of carbonyl (C=O) groups is 1. The van der Waals surface area contributed by atoms with Crippen molar-refractivity contribution in [2.45, 2.75) is 32.1 Å². The van der Waals surface area contributed by atoms with Crippen molar-refractivity contribution in [2.75, 3.05) is 0 Å². The van der Waals surface area contributed by atoms with Crippen LogP contribution in [0.1, 0.15) is 25.7 Å². The van der Waals surface area contributed by atoms with Crippen LogP contribution in [-0.2, 0) is 4.79 Å². The van der Waals surface area contributed by atoms with E-state index in [1.54, 1.807) is 0 Å². The van der Waals surface area contributed by atoms with Gasteiger partial charge in [0.15, 0.2) is 0 Å². The number of amides is 1. The Bertz CT molecular complexity index is 179. The van der Waals surface area contributed by atoms with Crippen LogP contribution in [0.5, 0.6) is 0 Å². The van der Waals surface area contributed by atoms with Crippen LogP contribution in [0.15, 0.2) is 0 Å². The van der Waals surface area contributed by atoms with E-state index < -0.39 is 12.3 Å². The summed E-state index contributed by atoms with van der Waals surface area (Å²) in [7, 11) is 0. The monoisotopic (exact) mass is 192 g/mol. The molecule has 0 aromatic heterocycles. The van der Waals surface area contributed by atoms with Crippen LogP contribution in [0.4, 0.5) is 8.78 Å². The number of hydrazine groups is 1. The molecule has 1 fully saturated rings. The summed E-state index contributed by atoms with van der Waals surface area (Å²) in [5.41, 5.74) is 2.05. The lowest BCUT2D eigenvalue weighted by Crippen LogP contribution is -2.38. The smallest absolute Gasteiger partial charge is 0.241 e. The summed E-state index contributed by atoms with van der Waals surface area (Å²) in [5, 5.41) is 0. The average Bonchev–Trinajstić information content (AvgIpc) is 2.17. The summed E-state index contributed by atoms with van der Waals surface area (Å²) in [6.45, 7) is 0. The highest BCUT2D eigenvalue weighted by Gasteiger charge is 2.30. The Hall–Kier alpha value is -0.710. The van der Waals surface area contributed by atoms with Gasteiger partial charge in [-0.05, 0) is 25.7 Å². The zero-order valence-electron chi connectivity index (χ0n) is 7.30. The van der Waals surface area contributed by atoms with E-state index in [4.69, 9.17) is 5.84 Å². The topological polar surface area (TPSA) is 55.1 Å². The van der Waals surface area contributed by atoms with Gasteiger partial charge in [0.25, 0.3) is 0 Å². The maximum absolute atomic E-state index is 12.2. The predicted octanol–water partition coefficient (Wildman–Crippen LogP) is 1.05. The summed E-state index contributed by atoms with van der Waals surface area (Å²) < 4.78 is 24.4. The third-order valence-corrected chi connectivity index (χ3v) is 2.64. The molecule has 0 aromatic carbocycles. The van der Waals surface area contributed by atoms with Gasteiger partial charge < -0.3 is 0 Å². The maximum atomic E-state index is 12.2. The zero-order chi connectivity index (χ0) is 9.84. The van der Waals surface area contributed by atoms with Crippen molar-refractivity contribution in [3.63, 3.8) is 0 Å². The van der Waals surface area contributed by atoms with Gasteiger partial charge in [0, 0.05) is 11.8 Å². The first-order valence-electron chi connectivity index (χ1n) is 4.43. The number of rotatable bonds is 2. The second kappa shape index (κ2) is 4.50. The third kappa shape index (κ3) is 2.62. The molecular formula is C8H14F2N2O. The lowest BCUT2D eigenvalue weighted by Gasteiger charge is -2.26. The minimum atomic E-state index is -2.25. The molecule has 0 unspecified atom stereocenters. The van der Waals surface area contributed by atoms with Crippen LogP contribution < -0.4 is 11.3 Å². The molecule has 0 saturated heterocycles. The van der Waals surface area contributed by atoms with Gasteiger partial charge in [-0.15, -0.1) is 0 Å². The largest absolute Gasteiger partial charge is 0.294 e. The van der Waals surface area contributed by atoms with Gasteiger partial charge in [-0.1, -0.05) is 0 Å². The fraction of sp³-hybridized carbons (Fsp3) is 0.875. The quantitative estimate of drug-likeness (QED) is 0.390. The lowest BCUT2D eigenvalue weighted by molar-refractivity contribution is -0.126. The molecule has 0 bridgehead atoms. The minimum absolute atomic E-state index is 0.167. The number of carbonyl (C=O) groups excluding carboxylic acids is 1. The second-order valence-electron chi connectivity index (χ2n) is 3.45. The van der Waals surface area contributed by atoms with E-state index in [9.17, 15) is 13.6 Å². The standard InChI is InChI=1S/C8H14F2N2O/c9-7(10)5-1-3-6(4-2-5)8(13)12-11/h5-7H,1-4,11H2,(H,12,13)/t5-,6+. The Labute approximate surface area is 75.6 Å². The first-order chi connectivity index (χ1) is 6.15. The van der Waals surface area contributed by atoms with Gasteiger partial charge in [-0.25, -0.2) is 14.6 Å². The number of hydrogen-bond donors (Lipinski definition) is 2. The lowest BCUT2D eigenvalue weighted by atomic mass is 9.82. The highest BCUT2D eigenvalue weighted by molar-refractivity contribution is 5.77. The van der Waals surface area contributed by atoms with Crippen LogP contribution in [0, 0.1) is 11.8 Å². The number of nitrogens with one attached hydrogen (secondary N) is 1. The molecule has 3 nitrogen and oxygen atoms in total. The van der Waals surface area contributed by atoms with E-state index in [1.165, 1.54) is 0 Å². The molecule has 1 aliphatic carbocycles. The average molecular weight is 192 g/mol. The van der Waals surface area contributed by atoms with Gasteiger partial charge in [-0.2, -0.15) is 0 Å². The summed E-state index contributed by atoms with van der Waals surface area (Å²) in [4.78, 5) is 11.0. The van der Waals surface area contributed by atoms with Crippen LogP contribution >= 0.6 is 0 Å². The van der Waals surface area contributed by atoms with Gasteiger partial charge in [0.05, 0.1) is 0 Å². The first-order valence-corrected chi connectivity index (χ1v) is 4.43. The molecule has 3 N–H and O–H groups in total. The Morgan fingerprint density at radius 1 is 1.31 bits per heavy atom. The van der Waals surface area contributed by atoms with Crippen LogP contribution in [0.25, 0.3) is 0 Å². The number of nitrogens with two attached hydrogens (primary N) is 1. The van der Waals surface area contributed by atoms with E-state index >= 15 is 0 Å². The molecule has 76 valence electrons. The van der Waals surface area contributed by atoms with Gasteiger partial charge in [0.2, 0.25) is 12.3 Å². The summed E-state index contributed by atoms with van der Waals surface area (Å²) in [5.74, 6) is 4.03. The predicted molar refractivity (Wildman–Crippen MR) is 43.8 cm³/mol. The van der Waals surface area contributed by atoms with Crippen molar-refractivity contribution >= 4 is 5.91 Å².